The molecule has 0 unspecified atom stereocenters. The van der Waals surface area contributed by atoms with E-state index in [-0.39, 0.29) is 11.9 Å². The molecule has 1 heterocycles. The van der Waals surface area contributed by atoms with Gasteiger partial charge in [0.1, 0.15) is 6.04 Å². The van der Waals surface area contributed by atoms with Gasteiger partial charge in [-0.05, 0) is 65.5 Å². The average molecular weight is 359 g/mol. The number of amides is 1. The Hall–Kier alpha value is -1.81. The molecule has 3 rings (SSSR count). The van der Waals surface area contributed by atoms with Crippen molar-refractivity contribution in [2.75, 3.05) is 16.8 Å². The maximum Gasteiger partial charge on any atom is 0.246 e. The molecule has 2 aromatic rings. The van der Waals surface area contributed by atoms with Gasteiger partial charge in [0.05, 0.1) is 5.69 Å². The fourth-order valence-electron chi connectivity index (χ4n) is 2.87. The van der Waals surface area contributed by atoms with Crippen LogP contribution in [0.25, 0.3) is 0 Å². The molecule has 4 heteroatoms. The van der Waals surface area contributed by atoms with Gasteiger partial charge in [-0.2, -0.15) is 0 Å². The summed E-state index contributed by atoms with van der Waals surface area (Å²) in [6.07, 6.45) is 1.00. The summed E-state index contributed by atoms with van der Waals surface area (Å²) in [4.78, 5) is 14.7. The second kappa shape index (κ2) is 6.13. The lowest BCUT2D eigenvalue weighted by atomic mass is 10.1. The van der Waals surface area contributed by atoms with Crippen molar-refractivity contribution in [3.8, 4) is 0 Å². The molecule has 3 nitrogen and oxygen atoms in total. The zero-order valence-electron chi connectivity index (χ0n) is 12.8. The summed E-state index contributed by atoms with van der Waals surface area (Å²) < 4.78 is 0.912. The monoisotopic (exact) mass is 358 g/mol. The SMILES string of the molecule is Cc1ccc(NC(=O)[C@@H](C)N2CCc3ccccc32)c(Br)c1. The molecule has 0 radical (unpaired) electrons. The van der Waals surface area contributed by atoms with Crippen LogP contribution >= 0.6 is 15.9 Å². The second-order valence-corrected chi connectivity index (χ2v) is 6.57. The van der Waals surface area contributed by atoms with Crippen molar-refractivity contribution >= 4 is 33.2 Å². The lowest BCUT2D eigenvalue weighted by Gasteiger charge is -2.26. The van der Waals surface area contributed by atoms with Gasteiger partial charge in [0.15, 0.2) is 0 Å². The van der Waals surface area contributed by atoms with Crippen molar-refractivity contribution < 1.29 is 4.79 Å². The molecule has 0 spiro atoms. The highest BCUT2D eigenvalue weighted by Crippen LogP contribution is 2.30. The van der Waals surface area contributed by atoms with Crippen molar-refractivity contribution in [2.24, 2.45) is 0 Å². The van der Waals surface area contributed by atoms with E-state index in [0.29, 0.717) is 0 Å². The molecule has 1 atom stereocenters. The number of halogens is 1. The van der Waals surface area contributed by atoms with E-state index in [1.54, 1.807) is 0 Å². The second-order valence-electron chi connectivity index (χ2n) is 5.72. The van der Waals surface area contributed by atoms with Gasteiger partial charge in [0.2, 0.25) is 5.91 Å². The van der Waals surface area contributed by atoms with E-state index < -0.39 is 0 Å². The molecule has 2 aromatic carbocycles. The molecular weight excluding hydrogens is 340 g/mol. The Labute approximate surface area is 139 Å². The van der Waals surface area contributed by atoms with Crippen LogP contribution in [0.15, 0.2) is 46.9 Å². The van der Waals surface area contributed by atoms with E-state index in [0.717, 1.165) is 28.7 Å². The van der Waals surface area contributed by atoms with E-state index in [1.165, 1.54) is 11.3 Å². The van der Waals surface area contributed by atoms with E-state index >= 15 is 0 Å². The van der Waals surface area contributed by atoms with E-state index in [2.05, 4.69) is 44.3 Å². The summed E-state index contributed by atoms with van der Waals surface area (Å²) in [6, 6.07) is 14.0. The van der Waals surface area contributed by atoms with Crippen molar-refractivity contribution in [2.45, 2.75) is 26.3 Å². The van der Waals surface area contributed by atoms with Gasteiger partial charge >= 0.3 is 0 Å². The molecule has 0 aliphatic carbocycles. The summed E-state index contributed by atoms with van der Waals surface area (Å²) in [6.45, 7) is 4.88. The molecule has 114 valence electrons. The van der Waals surface area contributed by atoms with Gasteiger partial charge in [-0.1, -0.05) is 24.3 Å². The molecule has 0 fully saturated rings. The van der Waals surface area contributed by atoms with Gasteiger partial charge < -0.3 is 10.2 Å². The lowest BCUT2D eigenvalue weighted by Crippen LogP contribution is -2.41. The van der Waals surface area contributed by atoms with Gasteiger partial charge in [-0.3, -0.25) is 4.79 Å². The molecular formula is C18H19BrN2O. The van der Waals surface area contributed by atoms with Crippen LogP contribution in [0.3, 0.4) is 0 Å². The number of anilines is 2. The Bertz CT molecular complexity index is 714. The molecule has 0 saturated carbocycles. The summed E-state index contributed by atoms with van der Waals surface area (Å²) in [5, 5.41) is 3.02. The Kier molecular flexibility index (Phi) is 4.21. The number of carbonyl (C=O) groups is 1. The molecule has 0 bridgehead atoms. The Morgan fingerprint density at radius 1 is 1.27 bits per heavy atom. The van der Waals surface area contributed by atoms with Crippen molar-refractivity contribution in [1.29, 1.82) is 0 Å². The van der Waals surface area contributed by atoms with E-state index in [1.807, 2.05) is 38.1 Å². The molecule has 1 aliphatic heterocycles. The maximum atomic E-state index is 12.6. The quantitative estimate of drug-likeness (QED) is 0.893. The fourth-order valence-corrected chi connectivity index (χ4v) is 3.46. The highest BCUT2D eigenvalue weighted by atomic mass is 79.9. The molecule has 1 N–H and O–H groups in total. The van der Waals surface area contributed by atoms with Gasteiger partial charge in [-0.15, -0.1) is 0 Å². The normalized spacial score (nSPS) is 14.6. The largest absolute Gasteiger partial charge is 0.359 e. The third-order valence-corrected chi connectivity index (χ3v) is 4.81. The first-order valence-electron chi connectivity index (χ1n) is 7.48. The lowest BCUT2D eigenvalue weighted by molar-refractivity contribution is -0.117. The van der Waals surface area contributed by atoms with E-state index in [9.17, 15) is 4.79 Å². The van der Waals surface area contributed by atoms with Crippen LogP contribution in [0.4, 0.5) is 11.4 Å². The van der Waals surface area contributed by atoms with Gasteiger partial charge in [-0.25, -0.2) is 0 Å². The topological polar surface area (TPSA) is 32.3 Å². The van der Waals surface area contributed by atoms with Crippen LogP contribution in [0.5, 0.6) is 0 Å². The number of carbonyl (C=O) groups excluding carboxylic acids is 1. The molecule has 0 aromatic heterocycles. The maximum absolute atomic E-state index is 12.6. The summed E-state index contributed by atoms with van der Waals surface area (Å²) >= 11 is 3.51. The summed E-state index contributed by atoms with van der Waals surface area (Å²) in [5.41, 5.74) is 4.47. The number of benzene rings is 2. The zero-order chi connectivity index (χ0) is 15.7. The number of hydrogen-bond acceptors (Lipinski definition) is 2. The minimum Gasteiger partial charge on any atom is -0.359 e. The standard InChI is InChI=1S/C18H19BrN2O/c1-12-7-8-16(15(19)11-12)20-18(22)13(2)21-10-9-14-5-3-4-6-17(14)21/h3-8,11,13H,9-10H2,1-2H3,(H,20,22)/t13-/m1/s1. The highest BCUT2D eigenvalue weighted by molar-refractivity contribution is 9.10. The third kappa shape index (κ3) is 2.88. The molecule has 1 amide bonds. The first-order chi connectivity index (χ1) is 10.6. The minimum absolute atomic E-state index is 0.0151. The van der Waals surface area contributed by atoms with Crippen molar-refractivity contribution in [3.05, 3.63) is 58.1 Å². The van der Waals surface area contributed by atoms with Crippen LogP contribution in [0, 0.1) is 6.92 Å². The van der Waals surface area contributed by atoms with Crippen LogP contribution < -0.4 is 10.2 Å². The van der Waals surface area contributed by atoms with Crippen LogP contribution in [0.2, 0.25) is 0 Å². The van der Waals surface area contributed by atoms with Gasteiger partial charge in [0, 0.05) is 16.7 Å². The number of rotatable bonds is 3. The highest BCUT2D eigenvalue weighted by Gasteiger charge is 2.27. The van der Waals surface area contributed by atoms with Crippen LogP contribution in [-0.4, -0.2) is 18.5 Å². The Morgan fingerprint density at radius 2 is 2.05 bits per heavy atom. The van der Waals surface area contributed by atoms with Crippen molar-refractivity contribution in [1.82, 2.24) is 0 Å². The summed E-state index contributed by atoms with van der Waals surface area (Å²) in [5.74, 6) is 0.0151. The number of fused-ring (bicyclic) bond motifs is 1. The first kappa shape index (κ1) is 15.1. The third-order valence-electron chi connectivity index (χ3n) is 4.15. The van der Waals surface area contributed by atoms with Crippen LogP contribution in [-0.2, 0) is 11.2 Å². The predicted molar refractivity (Wildman–Crippen MR) is 94.5 cm³/mol. The van der Waals surface area contributed by atoms with Crippen molar-refractivity contribution in [3.63, 3.8) is 0 Å². The number of aryl methyl sites for hydroxylation is 1. The van der Waals surface area contributed by atoms with Crippen LogP contribution in [0.1, 0.15) is 18.1 Å². The predicted octanol–water partition coefficient (Wildman–Crippen LogP) is 4.15. The number of para-hydroxylation sites is 1. The minimum atomic E-state index is -0.197. The average Bonchev–Trinajstić information content (AvgIpc) is 2.93. The fraction of sp³-hybridized carbons (Fsp3) is 0.278. The number of nitrogens with zero attached hydrogens (tertiary/aromatic N) is 1. The molecule has 0 saturated heterocycles. The molecule has 22 heavy (non-hydrogen) atoms. The summed E-state index contributed by atoms with van der Waals surface area (Å²) in [7, 11) is 0. The first-order valence-corrected chi connectivity index (χ1v) is 8.27. The Morgan fingerprint density at radius 3 is 2.82 bits per heavy atom. The Balaban J connectivity index is 1.76. The van der Waals surface area contributed by atoms with Gasteiger partial charge in [0.25, 0.3) is 0 Å². The molecule has 1 aliphatic rings. The number of nitrogens with one attached hydrogen (secondary N) is 1. The van der Waals surface area contributed by atoms with E-state index in [4.69, 9.17) is 0 Å². The zero-order valence-corrected chi connectivity index (χ0v) is 14.4. The smallest absolute Gasteiger partial charge is 0.246 e. The number of hydrogen-bond donors (Lipinski definition) is 1.